The number of hydrogen-bond acceptors (Lipinski definition) is 2. The van der Waals surface area contributed by atoms with Crippen LogP contribution in [0.3, 0.4) is 0 Å². The van der Waals surface area contributed by atoms with Gasteiger partial charge >= 0.3 is 0 Å². The lowest BCUT2D eigenvalue weighted by Gasteiger charge is -2.29. The molecule has 0 N–H and O–H groups in total. The molecule has 2 unspecified atom stereocenters. The summed E-state index contributed by atoms with van der Waals surface area (Å²) in [5.74, 6) is -0.143. The minimum Gasteiger partial charge on any atom is -0.338 e. The molecule has 25 heavy (non-hydrogen) atoms. The Morgan fingerprint density at radius 3 is 2.40 bits per heavy atom. The number of fused-ring (bicyclic) bond motifs is 1. The molecule has 1 aliphatic carbocycles. The molecule has 4 nitrogen and oxygen atoms in total. The number of nitrogens with zero attached hydrogens (tertiary/aromatic N) is 2. The van der Waals surface area contributed by atoms with Crippen LogP contribution in [-0.2, 0) is 22.6 Å². The molecule has 1 aliphatic heterocycles. The maximum atomic E-state index is 12.8. The summed E-state index contributed by atoms with van der Waals surface area (Å²) >= 11 is 0. The molecule has 1 fully saturated rings. The number of hydrogen-bond donors (Lipinski definition) is 0. The molecule has 4 heteroatoms. The molecule has 2 aromatic rings. The van der Waals surface area contributed by atoms with Gasteiger partial charge in [0.1, 0.15) is 0 Å². The molecule has 2 amide bonds. The van der Waals surface area contributed by atoms with Gasteiger partial charge in [-0.15, -0.1) is 0 Å². The molecule has 1 saturated carbocycles. The van der Waals surface area contributed by atoms with Crippen molar-refractivity contribution >= 4 is 17.5 Å². The number of carbonyl (C=O) groups excluding carboxylic acids is 2. The van der Waals surface area contributed by atoms with Gasteiger partial charge < -0.3 is 9.80 Å². The minimum absolute atomic E-state index is 0.0435. The van der Waals surface area contributed by atoms with E-state index < -0.39 is 0 Å². The van der Waals surface area contributed by atoms with Crippen molar-refractivity contribution in [3.8, 4) is 0 Å². The van der Waals surface area contributed by atoms with E-state index in [0.29, 0.717) is 13.0 Å². The standard InChI is InChI=1S/C21H22N2O2/c1-22(17-9-3-2-4-10-17)20(24)18-13-19(18)21(25)23-12-11-15-7-5-6-8-16(15)14-23/h2-10,18-19H,11-14H2,1H3. The normalized spacial score (nSPS) is 21.4. The van der Waals surface area contributed by atoms with E-state index in [1.54, 1.807) is 11.9 Å². The molecule has 0 aromatic heterocycles. The van der Waals surface area contributed by atoms with Gasteiger partial charge in [-0.25, -0.2) is 0 Å². The quantitative estimate of drug-likeness (QED) is 0.866. The van der Waals surface area contributed by atoms with Crippen LogP contribution in [0.1, 0.15) is 17.5 Å². The Hall–Kier alpha value is -2.62. The van der Waals surface area contributed by atoms with Crippen molar-refractivity contribution in [2.24, 2.45) is 11.8 Å². The molecule has 2 aliphatic rings. The highest BCUT2D eigenvalue weighted by atomic mass is 16.2. The van der Waals surface area contributed by atoms with Crippen LogP contribution in [0.5, 0.6) is 0 Å². The Labute approximate surface area is 148 Å². The molecule has 0 saturated heterocycles. The van der Waals surface area contributed by atoms with Crippen molar-refractivity contribution in [2.75, 3.05) is 18.5 Å². The van der Waals surface area contributed by atoms with Gasteiger partial charge in [-0.1, -0.05) is 42.5 Å². The molecular formula is C21H22N2O2. The zero-order valence-electron chi connectivity index (χ0n) is 14.4. The fraction of sp³-hybridized carbons (Fsp3) is 0.333. The topological polar surface area (TPSA) is 40.6 Å². The van der Waals surface area contributed by atoms with Crippen molar-refractivity contribution in [1.82, 2.24) is 4.90 Å². The second-order valence-corrected chi connectivity index (χ2v) is 6.96. The largest absolute Gasteiger partial charge is 0.338 e. The first-order valence-corrected chi connectivity index (χ1v) is 8.83. The Morgan fingerprint density at radius 1 is 0.960 bits per heavy atom. The lowest BCUT2D eigenvalue weighted by molar-refractivity contribution is -0.135. The molecule has 1 heterocycles. The summed E-state index contributed by atoms with van der Waals surface area (Å²) in [6.07, 6.45) is 1.57. The fourth-order valence-corrected chi connectivity index (χ4v) is 3.69. The highest BCUT2D eigenvalue weighted by Gasteiger charge is 2.50. The fourth-order valence-electron chi connectivity index (χ4n) is 3.69. The molecular weight excluding hydrogens is 312 g/mol. The van der Waals surface area contributed by atoms with E-state index in [4.69, 9.17) is 0 Å². The maximum Gasteiger partial charge on any atom is 0.230 e. The number of amides is 2. The van der Waals surface area contributed by atoms with Gasteiger partial charge in [-0.2, -0.15) is 0 Å². The zero-order chi connectivity index (χ0) is 17.4. The summed E-state index contributed by atoms with van der Waals surface area (Å²) in [4.78, 5) is 29.0. The molecule has 128 valence electrons. The summed E-state index contributed by atoms with van der Waals surface area (Å²) < 4.78 is 0. The van der Waals surface area contributed by atoms with Gasteiger partial charge in [0.2, 0.25) is 11.8 Å². The van der Waals surface area contributed by atoms with E-state index in [1.807, 2.05) is 47.4 Å². The SMILES string of the molecule is CN(C(=O)C1CC1C(=O)N1CCc2ccccc2C1)c1ccccc1. The summed E-state index contributed by atoms with van der Waals surface area (Å²) in [6.45, 7) is 1.42. The lowest BCUT2D eigenvalue weighted by Crippen LogP contribution is -2.38. The van der Waals surface area contributed by atoms with Crippen LogP contribution in [0.2, 0.25) is 0 Å². The van der Waals surface area contributed by atoms with Crippen molar-refractivity contribution in [3.05, 3.63) is 65.7 Å². The van der Waals surface area contributed by atoms with Gasteiger partial charge in [-0.3, -0.25) is 9.59 Å². The van der Waals surface area contributed by atoms with Crippen molar-refractivity contribution in [3.63, 3.8) is 0 Å². The molecule has 0 bridgehead atoms. The van der Waals surface area contributed by atoms with Gasteiger partial charge in [0.25, 0.3) is 0 Å². The molecule has 4 rings (SSSR count). The predicted molar refractivity (Wildman–Crippen MR) is 97.0 cm³/mol. The first kappa shape index (κ1) is 15.9. The second kappa shape index (κ2) is 6.36. The Balaban J connectivity index is 1.40. The first-order valence-electron chi connectivity index (χ1n) is 8.83. The van der Waals surface area contributed by atoms with E-state index in [9.17, 15) is 9.59 Å². The van der Waals surface area contributed by atoms with Crippen LogP contribution in [-0.4, -0.2) is 30.3 Å². The van der Waals surface area contributed by atoms with Gasteiger partial charge in [0.05, 0.1) is 11.8 Å². The summed E-state index contributed by atoms with van der Waals surface area (Å²) in [5, 5.41) is 0. The highest BCUT2D eigenvalue weighted by molar-refractivity contribution is 6.00. The Morgan fingerprint density at radius 2 is 1.64 bits per heavy atom. The van der Waals surface area contributed by atoms with Crippen molar-refractivity contribution < 1.29 is 9.59 Å². The van der Waals surface area contributed by atoms with Gasteiger partial charge in [0, 0.05) is 25.8 Å². The number of para-hydroxylation sites is 1. The van der Waals surface area contributed by atoms with Crippen LogP contribution < -0.4 is 4.90 Å². The van der Waals surface area contributed by atoms with Gasteiger partial charge in [0.15, 0.2) is 0 Å². The van der Waals surface area contributed by atoms with Crippen LogP contribution in [0.4, 0.5) is 5.69 Å². The monoisotopic (exact) mass is 334 g/mol. The summed E-state index contributed by atoms with van der Waals surface area (Å²) in [6, 6.07) is 17.9. The third kappa shape index (κ3) is 3.04. The smallest absolute Gasteiger partial charge is 0.230 e. The molecule has 2 atom stereocenters. The van der Waals surface area contributed by atoms with Crippen LogP contribution in [0, 0.1) is 11.8 Å². The van der Waals surface area contributed by atoms with E-state index in [-0.39, 0.29) is 23.7 Å². The summed E-state index contributed by atoms with van der Waals surface area (Å²) in [7, 11) is 1.79. The van der Waals surface area contributed by atoms with E-state index >= 15 is 0 Å². The molecule has 0 radical (unpaired) electrons. The third-order valence-corrected chi connectivity index (χ3v) is 5.34. The van der Waals surface area contributed by atoms with Crippen LogP contribution in [0.25, 0.3) is 0 Å². The number of anilines is 1. The lowest BCUT2D eigenvalue weighted by atomic mass is 9.99. The van der Waals surface area contributed by atoms with E-state index in [2.05, 4.69) is 12.1 Å². The average Bonchev–Trinajstić information content (AvgIpc) is 3.47. The van der Waals surface area contributed by atoms with Crippen molar-refractivity contribution in [2.45, 2.75) is 19.4 Å². The van der Waals surface area contributed by atoms with Gasteiger partial charge in [-0.05, 0) is 36.1 Å². The highest BCUT2D eigenvalue weighted by Crippen LogP contribution is 2.42. The first-order chi connectivity index (χ1) is 12.1. The number of carbonyl (C=O) groups is 2. The van der Waals surface area contributed by atoms with E-state index in [0.717, 1.165) is 18.7 Å². The molecule has 2 aromatic carbocycles. The minimum atomic E-state index is -0.171. The van der Waals surface area contributed by atoms with Crippen LogP contribution >= 0.6 is 0 Å². The summed E-state index contributed by atoms with van der Waals surface area (Å²) in [5.41, 5.74) is 3.43. The zero-order valence-corrected chi connectivity index (χ0v) is 14.4. The second-order valence-electron chi connectivity index (χ2n) is 6.96. The molecule has 0 spiro atoms. The Bertz CT molecular complexity index is 803. The van der Waals surface area contributed by atoms with Crippen molar-refractivity contribution in [1.29, 1.82) is 0 Å². The Kier molecular flexibility index (Phi) is 4.04. The number of benzene rings is 2. The van der Waals surface area contributed by atoms with E-state index in [1.165, 1.54) is 11.1 Å². The maximum absolute atomic E-state index is 12.8. The average molecular weight is 334 g/mol. The predicted octanol–water partition coefficient (Wildman–Crippen LogP) is 2.87. The number of rotatable bonds is 3. The third-order valence-electron chi connectivity index (χ3n) is 5.34. The van der Waals surface area contributed by atoms with Crippen LogP contribution in [0.15, 0.2) is 54.6 Å².